The molecule has 4 nitrogen and oxygen atoms in total. The maximum atomic E-state index is 12.3. The van der Waals surface area contributed by atoms with Gasteiger partial charge in [0.25, 0.3) is 0 Å². The molecule has 0 aliphatic carbocycles. The number of nitrogens with zero attached hydrogens (tertiary/aromatic N) is 2. The molecule has 1 atom stereocenters. The van der Waals surface area contributed by atoms with E-state index >= 15 is 0 Å². The summed E-state index contributed by atoms with van der Waals surface area (Å²) in [5.74, 6) is 0.927. The van der Waals surface area contributed by atoms with E-state index in [9.17, 15) is 4.79 Å². The number of rotatable bonds is 7. The van der Waals surface area contributed by atoms with Gasteiger partial charge >= 0.3 is 0 Å². The van der Waals surface area contributed by atoms with Crippen LogP contribution in [0.2, 0.25) is 0 Å². The van der Waals surface area contributed by atoms with Crippen molar-refractivity contribution in [1.82, 2.24) is 9.80 Å². The Morgan fingerprint density at radius 1 is 1.26 bits per heavy atom. The Bertz CT molecular complexity index is 254. The second-order valence-corrected chi connectivity index (χ2v) is 5.85. The standard InChI is InChI=1S/C15H31N3O/c1-4-8-18(9-5-2)15(19)12-17-10-6-14(7-11-17)13(3)16/h13-14H,4-12,16H2,1-3H3. The van der Waals surface area contributed by atoms with Gasteiger partial charge < -0.3 is 10.6 Å². The number of hydrogen-bond donors (Lipinski definition) is 1. The van der Waals surface area contributed by atoms with E-state index in [4.69, 9.17) is 5.73 Å². The maximum absolute atomic E-state index is 12.3. The van der Waals surface area contributed by atoms with Crippen LogP contribution in [-0.4, -0.2) is 54.5 Å². The van der Waals surface area contributed by atoms with Gasteiger partial charge in [-0.3, -0.25) is 9.69 Å². The highest BCUT2D eigenvalue weighted by Crippen LogP contribution is 2.19. The fraction of sp³-hybridized carbons (Fsp3) is 0.933. The minimum Gasteiger partial charge on any atom is -0.342 e. The van der Waals surface area contributed by atoms with Crippen molar-refractivity contribution >= 4 is 5.91 Å². The minimum absolute atomic E-state index is 0.287. The Morgan fingerprint density at radius 2 is 1.79 bits per heavy atom. The molecule has 1 aliphatic rings. The third kappa shape index (κ3) is 5.49. The number of amides is 1. The molecule has 0 spiro atoms. The van der Waals surface area contributed by atoms with Crippen LogP contribution >= 0.6 is 0 Å². The first-order valence-electron chi connectivity index (χ1n) is 7.84. The zero-order valence-electron chi connectivity index (χ0n) is 12.9. The molecule has 1 amide bonds. The molecule has 1 rings (SSSR count). The molecule has 19 heavy (non-hydrogen) atoms. The Balaban J connectivity index is 2.36. The smallest absolute Gasteiger partial charge is 0.236 e. The van der Waals surface area contributed by atoms with Crippen LogP contribution in [0.5, 0.6) is 0 Å². The monoisotopic (exact) mass is 269 g/mol. The molecule has 112 valence electrons. The number of nitrogens with two attached hydrogens (primary N) is 1. The first-order chi connectivity index (χ1) is 9.08. The molecule has 1 heterocycles. The van der Waals surface area contributed by atoms with E-state index < -0.39 is 0 Å². The van der Waals surface area contributed by atoms with Crippen molar-refractivity contribution in [2.75, 3.05) is 32.7 Å². The van der Waals surface area contributed by atoms with Gasteiger partial charge in [0.05, 0.1) is 6.54 Å². The average Bonchev–Trinajstić information content (AvgIpc) is 2.39. The molecule has 0 bridgehead atoms. The lowest BCUT2D eigenvalue weighted by atomic mass is 9.91. The summed E-state index contributed by atoms with van der Waals surface area (Å²) < 4.78 is 0. The minimum atomic E-state index is 0.287. The van der Waals surface area contributed by atoms with Crippen LogP contribution < -0.4 is 5.73 Å². The Hall–Kier alpha value is -0.610. The normalized spacial score (nSPS) is 19.4. The molecule has 4 heteroatoms. The third-order valence-electron chi connectivity index (χ3n) is 4.07. The molecule has 2 N–H and O–H groups in total. The summed E-state index contributed by atoms with van der Waals surface area (Å²) in [6.45, 7) is 10.8. The van der Waals surface area contributed by atoms with Crippen LogP contribution in [0.25, 0.3) is 0 Å². The summed E-state index contributed by atoms with van der Waals surface area (Å²) in [7, 11) is 0. The van der Waals surface area contributed by atoms with Crippen LogP contribution in [0.4, 0.5) is 0 Å². The van der Waals surface area contributed by atoms with Crippen molar-refractivity contribution in [3.05, 3.63) is 0 Å². The fourth-order valence-electron chi connectivity index (χ4n) is 2.83. The predicted octanol–water partition coefficient (Wildman–Crippen LogP) is 1.69. The molecule has 1 fully saturated rings. The predicted molar refractivity (Wildman–Crippen MR) is 80.0 cm³/mol. The molecule has 0 aromatic carbocycles. The van der Waals surface area contributed by atoms with Gasteiger partial charge in [-0.1, -0.05) is 13.8 Å². The van der Waals surface area contributed by atoms with Gasteiger partial charge in [-0.2, -0.15) is 0 Å². The van der Waals surface area contributed by atoms with E-state index in [1.807, 2.05) is 4.90 Å². The Morgan fingerprint density at radius 3 is 2.21 bits per heavy atom. The lowest BCUT2D eigenvalue weighted by Gasteiger charge is -2.34. The van der Waals surface area contributed by atoms with Crippen molar-refractivity contribution in [2.24, 2.45) is 11.7 Å². The second-order valence-electron chi connectivity index (χ2n) is 5.85. The summed E-state index contributed by atoms with van der Waals surface area (Å²) in [4.78, 5) is 16.6. The number of hydrogen-bond acceptors (Lipinski definition) is 3. The van der Waals surface area contributed by atoms with Crippen molar-refractivity contribution < 1.29 is 4.79 Å². The highest BCUT2D eigenvalue weighted by atomic mass is 16.2. The first kappa shape index (κ1) is 16.4. The Labute approximate surface area is 118 Å². The molecular weight excluding hydrogens is 238 g/mol. The zero-order chi connectivity index (χ0) is 14.3. The maximum Gasteiger partial charge on any atom is 0.236 e. The molecule has 1 aliphatic heterocycles. The van der Waals surface area contributed by atoms with E-state index in [0.717, 1.165) is 51.9 Å². The van der Waals surface area contributed by atoms with Crippen molar-refractivity contribution in [3.8, 4) is 0 Å². The largest absolute Gasteiger partial charge is 0.342 e. The van der Waals surface area contributed by atoms with Gasteiger partial charge in [-0.05, 0) is 51.6 Å². The number of carbonyl (C=O) groups excluding carboxylic acids is 1. The van der Waals surface area contributed by atoms with E-state index in [1.54, 1.807) is 0 Å². The highest BCUT2D eigenvalue weighted by Gasteiger charge is 2.24. The van der Waals surface area contributed by atoms with Gasteiger partial charge in [0, 0.05) is 19.1 Å². The van der Waals surface area contributed by atoms with E-state index in [2.05, 4.69) is 25.7 Å². The zero-order valence-corrected chi connectivity index (χ0v) is 12.9. The van der Waals surface area contributed by atoms with E-state index in [1.165, 1.54) is 0 Å². The van der Waals surface area contributed by atoms with Crippen LogP contribution in [0.1, 0.15) is 46.5 Å². The topological polar surface area (TPSA) is 49.6 Å². The lowest BCUT2D eigenvalue weighted by molar-refractivity contribution is -0.132. The van der Waals surface area contributed by atoms with Crippen LogP contribution in [-0.2, 0) is 4.79 Å². The van der Waals surface area contributed by atoms with E-state index in [-0.39, 0.29) is 6.04 Å². The van der Waals surface area contributed by atoms with Gasteiger partial charge in [-0.15, -0.1) is 0 Å². The number of piperidine rings is 1. The number of likely N-dealkylation sites (tertiary alicyclic amines) is 1. The molecule has 0 aromatic heterocycles. The van der Waals surface area contributed by atoms with Crippen LogP contribution in [0, 0.1) is 5.92 Å². The SMILES string of the molecule is CCCN(CCC)C(=O)CN1CCC(C(C)N)CC1. The quantitative estimate of drug-likeness (QED) is 0.765. The summed E-state index contributed by atoms with van der Waals surface area (Å²) >= 11 is 0. The van der Waals surface area contributed by atoms with Crippen molar-refractivity contribution in [3.63, 3.8) is 0 Å². The average molecular weight is 269 g/mol. The molecule has 0 aromatic rings. The van der Waals surface area contributed by atoms with Crippen molar-refractivity contribution in [1.29, 1.82) is 0 Å². The third-order valence-corrected chi connectivity index (χ3v) is 4.07. The van der Waals surface area contributed by atoms with Gasteiger partial charge in [0.1, 0.15) is 0 Å². The van der Waals surface area contributed by atoms with Gasteiger partial charge in [-0.25, -0.2) is 0 Å². The Kier molecular flexibility index (Phi) is 7.39. The summed E-state index contributed by atoms with van der Waals surface area (Å²) in [6.07, 6.45) is 4.34. The molecule has 1 unspecified atom stereocenters. The van der Waals surface area contributed by atoms with E-state index in [0.29, 0.717) is 18.4 Å². The molecule has 0 radical (unpaired) electrons. The van der Waals surface area contributed by atoms with Crippen LogP contribution in [0.15, 0.2) is 0 Å². The lowest BCUT2D eigenvalue weighted by Crippen LogP contribution is -2.45. The number of carbonyl (C=O) groups is 1. The molecule has 0 saturated carbocycles. The molecular formula is C15H31N3O. The summed E-state index contributed by atoms with van der Waals surface area (Å²) in [5.41, 5.74) is 5.95. The first-order valence-corrected chi connectivity index (χ1v) is 7.84. The van der Waals surface area contributed by atoms with Gasteiger partial charge in [0.2, 0.25) is 5.91 Å². The van der Waals surface area contributed by atoms with Crippen molar-refractivity contribution in [2.45, 2.75) is 52.5 Å². The highest BCUT2D eigenvalue weighted by molar-refractivity contribution is 5.78. The summed E-state index contributed by atoms with van der Waals surface area (Å²) in [6, 6.07) is 0.287. The second kappa shape index (κ2) is 8.54. The fourth-order valence-corrected chi connectivity index (χ4v) is 2.83. The molecule has 1 saturated heterocycles. The van der Waals surface area contributed by atoms with Crippen LogP contribution in [0.3, 0.4) is 0 Å². The van der Waals surface area contributed by atoms with Gasteiger partial charge in [0.15, 0.2) is 0 Å². The summed E-state index contributed by atoms with van der Waals surface area (Å²) in [5, 5.41) is 0.